The fourth-order valence-corrected chi connectivity index (χ4v) is 3.32. The molecule has 0 fully saturated rings. The van der Waals surface area contributed by atoms with Crippen LogP contribution >= 0.6 is 0 Å². The van der Waals surface area contributed by atoms with Gasteiger partial charge in [0, 0.05) is 31.3 Å². The zero-order valence-electron chi connectivity index (χ0n) is 17.2. The van der Waals surface area contributed by atoms with Gasteiger partial charge in [-0.3, -0.25) is 9.59 Å². The van der Waals surface area contributed by atoms with E-state index in [4.69, 9.17) is 4.74 Å². The van der Waals surface area contributed by atoms with Crippen molar-refractivity contribution in [1.82, 2.24) is 25.6 Å². The van der Waals surface area contributed by atoms with Crippen molar-refractivity contribution in [3.05, 3.63) is 77.1 Å². The van der Waals surface area contributed by atoms with Crippen LogP contribution in [0.25, 0.3) is 0 Å². The van der Waals surface area contributed by atoms with Crippen LogP contribution in [0.15, 0.2) is 54.7 Å². The molecule has 0 atom stereocenters. The third-order valence-corrected chi connectivity index (χ3v) is 5.07. The first-order valence-electron chi connectivity index (χ1n) is 10.4. The Morgan fingerprint density at radius 1 is 0.935 bits per heavy atom. The van der Waals surface area contributed by atoms with E-state index in [-0.39, 0.29) is 11.8 Å². The molecule has 2 N–H and O–H groups in total. The Bertz CT molecular complexity index is 1050. The van der Waals surface area contributed by atoms with Crippen LogP contribution in [0.2, 0.25) is 0 Å². The largest absolute Gasteiger partial charge is 0.492 e. The summed E-state index contributed by atoms with van der Waals surface area (Å²) in [5.41, 5.74) is 3.40. The van der Waals surface area contributed by atoms with Crippen LogP contribution in [0.1, 0.15) is 40.0 Å². The molecule has 3 heterocycles. The minimum atomic E-state index is -0.162. The van der Waals surface area contributed by atoms with E-state index in [1.165, 1.54) is 0 Å². The number of ether oxygens (including phenoxy) is 1. The lowest BCUT2D eigenvalue weighted by molar-refractivity contribution is -0.121. The monoisotopic (exact) mass is 419 g/mol. The number of nitrogens with one attached hydrogen (secondary N) is 2. The van der Waals surface area contributed by atoms with Crippen molar-refractivity contribution in [3.63, 3.8) is 0 Å². The maximum Gasteiger partial charge on any atom is 0.251 e. The van der Waals surface area contributed by atoms with E-state index in [0.717, 1.165) is 16.8 Å². The van der Waals surface area contributed by atoms with Crippen molar-refractivity contribution in [2.45, 2.75) is 38.9 Å². The summed E-state index contributed by atoms with van der Waals surface area (Å²) in [5.74, 6) is 0.482. The highest BCUT2D eigenvalue weighted by Crippen LogP contribution is 2.14. The van der Waals surface area contributed by atoms with Gasteiger partial charge in [0.25, 0.3) is 5.91 Å². The van der Waals surface area contributed by atoms with E-state index >= 15 is 0 Å². The molecule has 1 aromatic heterocycles. The first-order chi connectivity index (χ1) is 15.2. The summed E-state index contributed by atoms with van der Waals surface area (Å²) >= 11 is 0. The molecule has 2 aromatic carbocycles. The molecule has 6 bridgehead atoms. The van der Waals surface area contributed by atoms with Gasteiger partial charge in [0.05, 0.1) is 12.2 Å². The summed E-state index contributed by atoms with van der Waals surface area (Å²) in [7, 11) is 0. The molecule has 0 saturated heterocycles. The highest BCUT2D eigenvalue weighted by Gasteiger charge is 2.09. The minimum Gasteiger partial charge on any atom is -0.492 e. The molecule has 0 saturated carbocycles. The van der Waals surface area contributed by atoms with Gasteiger partial charge in [-0.15, -0.1) is 5.10 Å². The fourth-order valence-electron chi connectivity index (χ4n) is 3.32. The Hall–Kier alpha value is -3.68. The van der Waals surface area contributed by atoms with Gasteiger partial charge < -0.3 is 15.4 Å². The van der Waals surface area contributed by atoms with Gasteiger partial charge >= 0.3 is 0 Å². The second-order valence-corrected chi connectivity index (χ2v) is 7.48. The van der Waals surface area contributed by atoms with Crippen molar-refractivity contribution in [3.8, 4) is 5.75 Å². The maximum absolute atomic E-state index is 12.5. The van der Waals surface area contributed by atoms with Gasteiger partial charge in [-0.25, -0.2) is 4.68 Å². The van der Waals surface area contributed by atoms with Gasteiger partial charge in [0.1, 0.15) is 12.4 Å². The minimum absolute atomic E-state index is 0.0143. The number of hydrogen-bond donors (Lipinski definition) is 2. The Morgan fingerprint density at radius 2 is 1.71 bits per heavy atom. The van der Waals surface area contributed by atoms with E-state index in [9.17, 15) is 9.59 Å². The van der Waals surface area contributed by atoms with Crippen molar-refractivity contribution in [1.29, 1.82) is 0 Å². The number of benzene rings is 2. The van der Waals surface area contributed by atoms with E-state index < -0.39 is 0 Å². The summed E-state index contributed by atoms with van der Waals surface area (Å²) < 4.78 is 7.51. The van der Waals surface area contributed by atoms with Gasteiger partial charge in [-0.2, -0.15) is 0 Å². The van der Waals surface area contributed by atoms with Crippen LogP contribution in [0, 0.1) is 0 Å². The Labute approximate surface area is 180 Å². The summed E-state index contributed by atoms with van der Waals surface area (Å²) in [4.78, 5) is 24.6. The van der Waals surface area contributed by atoms with E-state index in [1.54, 1.807) is 22.9 Å². The lowest BCUT2D eigenvalue weighted by Gasteiger charge is -2.10. The predicted molar refractivity (Wildman–Crippen MR) is 114 cm³/mol. The molecule has 8 nitrogen and oxygen atoms in total. The van der Waals surface area contributed by atoms with Crippen LogP contribution in [0.4, 0.5) is 0 Å². The number of amides is 2. The highest BCUT2D eigenvalue weighted by molar-refractivity contribution is 5.94. The summed E-state index contributed by atoms with van der Waals surface area (Å²) in [6, 6.07) is 15.0. The molecular formula is C23H25N5O3. The molecule has 2 amide bonds. The van der Waals surface area contributed by atoms with Gasteiger partial charge in [-0.1, -0.05) is 35.5 Å². The van der Waals surface area contributed by atoms with E-state index in [0.29, 0.717) is 56.8 Å². The number of rotatable bonds is 0. The zero-order chi connectivity index (χ0) is 21.5. The molecule has 0 aliphatic carbocycles. The molecule has 31 heavy (non-hydrogen) atoms. The third kappa shape index (κ3) is 5.91. The van der Waals surface area contributed by atoms with Crippen LogP contribution < -0.4 is 15.4 Å². The van der Waals surface area contributed by atoms with Gasteiger partial charge in [0.2, 0.25) is 5.91 Å². The number of fused-ring (bicyclic) bond motifs is 11. The molecule has 0 unspecified atom stereocenters. The van der Waals surface area contributed by atoms with Gasteiger partial charge in [0.15, 0.2) is 0 Å². The van der Waals surface area contributed by atoms with Crippen molar-refractivity contribution in [2.75, 3.05) is 6.61 Å². The summed E-state index contributed by atoms with van der Waals surface area (Å²) in [5, 5.41) is 14.1. The second kappa shape index (κ2) is 9.88. The average molecular weight is 419 g/mol. The lowest BCUT2D eigenvalue weighted by Crippen LogP contribution is -2.23. The van der Waals surface area contributed by atoms with Gasteiger partial charge in [-0.05, 0) is 42.2 Å². The quantitative estimate of drug-likeness (QED) is 0.582. The second-order valence-electron chi connectivity index (χ2n) is 7.48. The van der Waals surface area contributed by atoms with Crippen molar-refractivity contribution in [2.24, 2.45) is 0 Å². The summed E-state index contributed by atoms with van der Waals surface area (Å²) in [6.45, 7) is 1.85. The molecule has 2 aliphatic heterocycles. The molecular weight excluding hydrogens is 394 g/mol. The molecule has 8 heteroatoms. The SMILES string of the molecule is O=C1CCCc2cn(nn2)CCOc2cccc(c2)C(=O)NCc2ccc(cc2)CN1. The Balaban J connectivity index is 1.47. The van der Waals surface area contributed by atoms with E-state index in [1.807, 2.05) is 36.5 Å². The Kier molecular flexibility index (Phi) is 6.56. The lowest BCUT2D eigenvalue weighted by atomic mass is 10.1. The van der Waals surface area contributed by atoms with E-state index in [2.05, 4.69) is 20.9 Å². The maximum atomic E-state index is 12.5. The van der Waals surface area contributed by atoms with Crippen LogP contribution in [0.3, 0.4) is 0 Å². The number of aryl methyl sites for hydroxylation is 1. The topological polar surface area (TPSA) is 98.1 Å². The predicted octanol–water partition coefficient (Wildman–Crippen LogP) is 2.24. The molecule has 0 radical (unpaired) electrons. The van der Waals surface area contributed by atoms with Crippen LogP contribution in [-0.2, 0) is 30.8 Å². The van der Waals surface area contributed by atoms with Crippen LogP contribution in [-0.4, -0.2) is 33.4 Å². The summed E-state index contributed by atoms with van der Waals surface area (Å²) in [6.07, 6.45) is 3.72. The number of carbonyl (C=O) groups is 2. The average Bonchev–Trinajstić information content (AvgIpc) is 3.24. The molecule has 160 valence electrons. The molecule has 5 rings (SSSR count). The first kappa shape index (κ1) is 20.6. The molecule has 0 spiro atoms. The van der Waals surface area contributed by atoms with Crippen LogP contribution in [0.5, 0.6) is 5.75 Å². The number of carbonyl (C=O) groups excluding carboxylic acids is 2. The smallest absolute Gasteiger partial charge is 0.251 e. The molecule has 3 aromatic rings. The zero-order valence-corrected chi connectivity index (χ0v) is 17.2. The fraction of sp³-hybridized carbons (Fsp3) is 0.304. The number of aromatic nitrogens is 3. The number of nitrogens with zero attached hydrogens (tertiary/aromatic N) is 3. The third-order valence-electron chi connectivity index (χ3n) is 5.07. The first-order valence-corrected chi connectivity index (χ1v) is 10.4. The standard InChI is InChI=1S/C23H25N5O3/c29-22-6-2-4-20-16-28(27-26-20)11-12-31-21-5-1-3-19(13-21)23(30)25-15-18-9-7-17(8-10-18)14-24-22/h1,3,5,7-10,13,16H,2,4,6,11-12,14-15H2,(H,24,29)(H,25,30). The highest BCUT2D eigenvalue weighted by atomic mass is 16.5. The number of hydrogen-bond acceptors (Lipinski definition) is 5. The van der Waals surface area contributed by atoms with Crippen molar-refractivity contribution < 1.29 is 14.3 Å². The van der Waals surface area contributed by atoms with Crippen molar-refractivity contribution >= 4 is 11.8 Å². The normalized spacial score (nSPS) is 15.7. The molecule has 2 aliphatic rings. The Morgan fingerprint density at radius 3 is 2.52 bits per heavy atom.